The molecule has 26 heavy (non-hydrogen) atoms. The van der Waals surface area contributed by atoms with Gasteiger partial charge in [-0.2, -0.15) is 0 Å². The van der Waals surface area contributed by atoms with Gasteiger partial charge in [0.1, 0.15) is 5.75 Å². The van der Waals surface area contributed by atoms with Gasteiger partial charge in [0.05, 0.1) is 24.2 Å². The predicted octanol–water partition coefficient (Wildman–Crippen LogP) is 4.61. The molecule has 1 aliphatic carbocycles. The molecule has 0 unspecified atom stereocenters. The molecule has 4 nitrogen and oxygen atoms in total. The number of methoxy groups -OCH3 is 1. The molecule has 1 heterocycles. The highest BCUT2D eigenvalue weighted by Crippen LogP contribution is 2.40. The van der Waals surface area contributed by atoms with Crippen molar-refractivity contribution in [3.63, 3.8) is 0 Å². The lowest BCUT2D eigenvalue weighted by molar-refractivity contribution is 0.0941. The molecule has 0 aliphatic heterocycles. The van der Waals surface area contributed by atoms with Crippen molar-refractivity contribution in [3.05, 3.63) is 71.4 Å². The molecule has 1 saturated carbocycles. The Bertz CT molecular complexity index is 963. The fraction of sp³-hybridized carbons (Fsp3) is 0.273. The van der Waals surface area contributed by atoms with Crippen LogP contribution in [-0.4, -0.2) is 18.0 Å². The smallest absolute Gasteiger partial charge is 0.252 e. The summed E-state index contributed by atoms with van der Waals surface area (Å²) in [5, 5.41) is 4.01. The average molecular weight is 346 g/mol. The number of hydrogen-bond donors (Lipinski definition) is 1. The van der Waals surface area contributed by atoms with Crippen LogP contribution in [0.15, 0.2) is 54.6 Å². The Labute approximate surface area is 153 Å². The second-order valence-corrected chi connectivity index (χ2v) is 6.82. The number of carbonyl (C=O) groups excluding carboxylic acids is 1. The quantitative estimate of drug-likeness (QED) is 0.734. The highest BCUT2D eigenvalue weighted by atomic mass is 16.5. The minimum Gasteiger partial charge on any atom is -0.496 e. The van der Waals surface area contributed by atoms with Crippen molar-refractivity contribution in [2.45, 2.75) is 31.7 Å². The van der Waals surface area contributed by atoms with E-state index in [1.165, 1.54) is 0 Å². The number of ether oxygens (including phenoxy) is 1. The summed E-state index contributed by atoms with van der Waals surface area (Å²) >= 11 is 0. The minimum absolute atomic E-state index is 0.0797. The van der Waals surface area contributed by atoms with Crippen LogP contribution in [0.5, 0.6) is 5.75 Å². The van der Waals surface area contributed by atoms with Gasteiger partial charge in [0.15, 0.2) is 0 Å². The van der Waals surface area contributed by atoms with Gasteiger partial charge < -0.3 is 10.1 Å². The summed E-state index contributed by atoms with van der Waals surface area (Å²) in [4.78, 5) is 17.8. The maximum absolute atomic E-state index is 13.1. The molecule has 0 saturated heterocycles. The number of fused-ring (bicyclic) bond motifs is 1. The fourth-order valence-corrected chi connectivity index (χ4v) is 3.35. The van der Waals surface area contributed by atoms with Crippen molar-refractivity contribution in [3.8, 4) is 5.75 Å². The topological polar surface area (TPSA) is 51.2 Å². The van der Waals surface area contributed by atoms with Gasteiger partial charge in [-0.3, -0.25) is 9.78 Å². The second kappa shape index (κ2) is 6.79. The molecule has 0 radical (unpaired) electrons. The number of para-hydroxylation sites is 2. The van der Waals surface area contributed by atoms with E-state index in [2.05, 4.69) is 5.32 Å². The number of carbonyl (C=O) groups is 1. The fourth-order valence-electron chi connectivity index (χ4n) is 3.35. The first kappa shape index (κ1) is 16.6. The molecule has 1 fully saturated rings. The Morgan fingerprint density at radius 2 is 1.88 bits per heavy atom. The van der Waals surface area contributed by atoms with Gasteiger partial charge in [-0.15, -0.1) is 0 Å². The molecule has 4 rings (SSSR count). The first-order valence-corrected chi connectivity index (χ1v) is 9.01. The monoisotopic (exact) mass is 346 g/mol. The SMILES string of the molecule is COc1ccccc1[C@@H](C)NC(=O)c1cc(C2CC2)nc2ccccc12. The molecular weight excluding hydrogens is 324 g/mol. The van der Waals surface area contributed by atoms with Crippen LogP contribution < -0.4 is 10.1 Å². The number of nitrogens with zero attached hydrogens (tertiary/aromatic N) is 1. The number of hydrogen-bond acceptors (Lipinski definition) is 3. The van der Waals surface area contributed by atoms with Crippen LogP contribution in [0.1, 0.15) is 53.3 Å². The number of pyridine rings is 1. The Morgan fingerprint density at radius 1 is 1.15 bits per heavy atom. The van der Waals surface area contributed by atoms with Crippen LogP contribution in [0, 0.1) is 0 Å². The third-order valence-corrected chi connectivity index (χ3v) is 4.93. The summed E-state index contributed by atoms with van der Waals surface area (Å²) < 4.78 is 5.42. The van der Waals surface area contributed by atoms with Crippen LogP contribution >= 0.6 is 0 Å². The lowest BCUT2D eigenvalue weighted by Gasteiger charge is -2.18. The number of nitrogens with one attached hydrogen (secondary N) is 1. The van der Waals surface area contributed by atoms with E-state index in [4.69, 9.17) is 9.72 Å². The summed E-state index contributed by atoms with van der Waals surface area (Å²) in [6, 6.07) is 17.4. The Morgan fingerprint density at radius 3 is 2.65 bits per heavy atom. The highest BCUT2D eigenvalue weighted by molar-refractivity contribution is 6.06. The van der Waals surface area contributed by atoms with Crippen molar-refractivity contribution in [1.29, 1.82) is 0 Å². The molecule has 1 amide bonds. The van der Waals surface area contributed by atoms with Crippen LogP contribution in [-0.2, 0) is 0 Å². The van der Waals surface area contributed by atoms with Crippen molar-refractivity contribution in [2.24, 2.45) is 0 Å². The van der Waals surface area contributed by atoms with Crippen molar-refractivity contribution in [1.82, 2.24) is 10.3 Å². The van der Waals surface area contributed by atoms with Crippen LogP contribution in [0.25, 0.3) is 10.9 Å². The molecular formula is C22H22N2O2. The predicted molar refractivity (Wildman–Crippen MR) is 103 cm³/mol. The zero-order valence-electron chi connectivity index (χ0n) is 15.0. The van der Waals surface area contributed by atoms with E-state index in [9.17, 15) is 4.79 Å². The second-order valence-electron chi connectivity index (χ2n) is 6.82. The van der Waals surface area contributed by atoms with E-state index >= 15 is 0 Å². The zero-order valence-corrected chi connectivity index (χ0v) is 15.0. The molecule has 1 aliphatic rings. The molecule has 1 N–H and O–H groups in total. The molecule has 3 aromatic rings. The van der Waals surface area contributed by atoms with E-state index in [1.54, 1.807) is 7.11 Å². The standard InChI is InChI=1S/C22H22N2O2/c1-14(16-7-4-6-10-21(16)26-2)23-22(25)18-13-20(15-11-12-15)24-19-9-5-3-8-17(18)19/h3-10,13-15H,11-12H2,1-2H3,(H,23,25)/t14-/m1/s1. The van der Waals surface area contributed by atoms with Gasteiger partial charge in [-0.05, 0) is 38.0 Å². The summed E-state index contributed by atoms with van der Waals surface area (Å²) in [5.41, 5.74) is 3.56. The lowest BCUT2D eigenvalue weighted by Crippen LogP contribution is -2.27. The average Bonchev–Trinajstić information content (AvgIpc) is 3.52. The first-order valence-electron chi connectivity index (χ1n) is 9.01. The van der Waals surface area contributed by atoms with E-state index in [0.717, 1.165) is 40.8 Å². The lowest BCUT2D eigenvalue weighted by atomic mass is 10.0. The van der Waals surface area contributed by atoms with E-state index in [0.29, 0.717) is 11.5 Å². The van der Waals surface area contributed by atoms with Crippen LogP contribution in [0.2, 0.25) is 0 Å². The van der Waals surface area contributed by atoms with Crippen LogP contribution in [0.3, 0.4) is 0 Å². The summed E-state index contributed by atoms with van der Waals surface area (Å²) in [5.74, 6) is 1.19. The molecule has 1 atom stereocenters. The highest BCUT2D eigenvalue weighted by Gasteiger charge is 2.27. The Kier molecular flexibility index (Phi) is 4.33. The van der Waals surface area contributed by atoms with Gasteiger partial charge in [-0.1, -0.05) is 36.4 Å². The summed E-state index contributed by atoms with van der Waals surface area (Å²) in [7, 11) is 1.64. The largest absolute Gasteiger partial charge is 0.496 e. The van der Waals surface area contributed by atoms with Crippen LogP contribution in [0.4, 0.5) is 0 Å². The normalized spacial score (nSPS) is 14.8. The number of rotatable bonds is 5. The van der Waals surface area contributed by atoms with E-state index in [-0.39, 0.29) is 11.9 Å². The van der Waals surface area contributed by atoms with Crippen molar-refractivity contribution < 1.29 is 9.53 Å². The zero-order chi connectivity index (χ0) is 18.1. The third kappa shape index (κ3) is 3.15. The van der Waals surface area contributed by atoms with E-state index < -0.39 is 0 Å². The Hall–Kier alpha value is -2.88. The maximum Gasteiger partial charge on any atom is 0.252 e. The Balaban J connectivity index is 1.67. The molecule has 4 heteroatoms. The molecule has 2 aromatic carbocycles. The maximum atomic E-state index is 13.1. The van der Waals surface area contributed by atoms with Gasteiger partial charge in [0.2, 0.25) is 0 Å². The molecule has 0 spiro atoms. The third-order valence-electron chi connectivity index (χ3n) is 4.93. The number of amides is 1. The van der Waals surface area contributed by atoms with Gasteiger partial charge >= 0.3 is 0 Å². The van der Waals surface area contributed by atoms with Crippen molar-refractivity contribution in [2.75, 3.05) is 7.11 Å². The van der Waals surface area contributed by atoms with Crippen molar-refractivity contribution >= 4 is 16.8 Å². The molecule has 0 bridgehead atoms. The summed E-state index contributed by atoms with van der Waals surface area (Å²) in [6.07, 6.45) is 2.31. The first-order chi connectivity index (χ1) is 12.7. The van der Waals surface area contributed by atoms with Gasteiger partial charge in [0.25, 0.3) is 5.91 Å². The number of aromatic nitrogens is 1. The van der Waals surface area contributed by atoms with Gasteiger partial charge in [0, 0.05) is 22.6 Å². The number of benzene rings is 2. The molecule has 1 aromatic heterocycles. The molecule has 132 valence electrons. The van der Waals surface area contributed by atoms with E-state index in [1.807, 2.05) is 61.5 Å². The summed E-state index contributed by atoms with van der Waals surface area (Å²) in [6.45, 7) is 1.97. The minimum atomic E-state index is -0.157. The van der Waals surface area contributed by atoms with Gasteiger partial charge in [-0.25, -0.2) is 0 Å².